The summed E-state index contributed by atoms with van der Waals surface area (Å²) in [6.07, 6.45) is 0. The van der Waals surface area contributed by atoms with Crippen LogP contribution in [0.25, 0.3) is 11.3 Å². The van der Waals surface area contributed by atoms with Gasteiger partial charge in [-0.25, -0.2) is 4.98 Å². The highest BCUT2D eigenvalue weighted by molar-refractivity contribution is 7.16. The van der Waals surface area contributed by atoms with E-state index in [2.05, 4.69) is 10.3 Å². The van der Waals surface area contributed by atoms with Gasteiger partial charge in [-0.2, -0.15) is 0 Å². The SMILES string of the molecule is Cc1sc(NC(=O)c2ccc(O)cc2O)nc1-c1ccc(Cl)cc1. The number of thiazole rings is 1. The minimum atomic E-state index is -0.496. The van der Waals surface area contributed by atoms with Crippen molar-refractivity contribution in [1.82, 2.24) is 4.98 Å². The third-order valence-electron chi connectivity index (χ3n) is 3.36. The zero-order chi connectivity index (χ0) is 17.3. The van der Waals surface area contributed by atoms with Crippen LogP contribution >= 0.6 is 22.9 Å². The van der Waals surface area contributed by atoms with Crippen LogP contribution in [0.2, 0.25) is 5.02 Å². The Morgan fingerprint density at radius 3 is 2.54 bits per heavy atom. The van der Waals surface area contributed by atoms with Crippen molar-refractivity contribution in [3.63, 3.8) is 0 Å². The Labute approximate surface area is 147 Å². The first kappa shape index (κ1) is 16.3. The fourth-order valence-electron chi connectivity index (χ4n) is 2.20. The maximum Gasteiger partial charge on any atom is 0.261 e. The molecule has 0 aliphatic rings. The molecule has 3 aromatic rings. The highest BCUT2D eigenvalue weighted by Crippen LogP contribution is 2.32. The number of amides is 1. The van der Waals surface area contributed by atoms with Crippen LogP contribution in [-0.2, 0) is 0 Å². The van der Waals surface area contributed by atoms with Crippen LogP contribution in [0, 0.1) is 6.92 Å². The van der Waals surface area contributed by atoms with Crippen molar-refractivity contribution in [3.8, 4) is 22.8 Å². The molecule has 3 rings (SSSR count). The number of nitrogens with zero attached hydrogens (tertiary/aromatic N) is 1. The molecular formula is C17H13ClN2O3S. The number of aromatic nitrogens is 1. The molecular weight excluding hydrogens is 348 g/mol. The average Bonchev–Trinajstić information content (AvgIpc) is 2.88. The van der Waals surface area contributed by atoms with Gasteiger partial charge in [0.1, 0.15) is 11.5 Å². The Bertz CT molecular complexity index is 907. The summed E-state index contributed by atoms with van der Waals surface area (Å²) in [6, 6.07) is 11.1. The number of hydrogen-bond donors (Lipinski definition) is 3. The molecule has 0 saturated carbocycles. The topological polar surface area (TPSA) is 82.5 Å². The normalized spacial score (nSPS) is 10.6. The molecule has 2 aromatic carbocycles. The van der Waals surface area contributed by atoms with E-state index in [4.69, 9.17) is 11.6 Å². The van der Waals surface area contributed by atoms with E-state index in [0.717, 1.165) is 22.2 Å². The number of carbonyl (C=O) groups is 1. The zero-order valence-electron chi connectivity index (χ0n) is 12.6. The van der Waals surface area contributed by atoms with E-state index in [0.29, 0.717) is 10.2 Å². The zero-order valence-corrected chi connectivity index (χ0v) is 14.1. The predicted molar refractivity (Wildman–Crippen MR) is 95.0 cm³/mol. The number of rotatable bonds is 3. The number of aryl methyl sites for hydroxylation is 1. The molecule has 0 unspecified atom stereocenters. The average molecular weight is 361 g/mol. The molecule has 122 valence electrons. The van der Waals surface area contributed by atoms with Gasteiger partial charge in [0.15, 0.2) is 5.13 Å². The summed E-state index contributed by atoms with van der Waals surface area (Å²) in [5.74, 6) is -0.901. The van der Waals surface area contributed by atoms with Crippen molar-refractivity contribution < 1.29 is 15.0 Å². The monoisotopic (exact) mass is 360 g/mol. The molecule has 3 N–H and O–H groups in total. The molecule has 24 heavy (non-hydrogen) atoms. The van der Waals surface area contributed by atoms with Gasteiger partial charge in [0.05, 0.1) is 11.3 Å². The molecule has 1 aromatic heterocycles. The van der Waals surface area contributed by atoms with Gasteiger partial charge in [0, 0.05) is 21.5 Å². The fraction of sp³-hybridized carbons (Fsp3) is 0.0588. The standard InChI is InChI=1S/C17H13ClN2O3S/c1-9-15(10-2-4-11(18)5-3-10)19-17(24-9)20-16(23)13-7-6-12(21)8-14(13)22/h2-8,21-22H,1H3,(H,19,20,23). The second-order valence-corrected chi connectivity index (χ2v) is 6.73. The summed E-state index contributed by atoms with van der Waals surface area (Å²) in [5.41, 5.74) is 1.73. The Morgan fingerprint density at radius 2 is 1.88 bits per heavy atom. The second-order valence-electron chi connectivity index (χ2n) is 5.09. The first-order valence-electron chi connectivity index (χ1n) is 7.01. The minimum absolute atomic E-state index is 0.0636. The van der Waals surface area contributed by atoms with Gasteiger partial charge < -0.3 is 10.2 Å². The van der Waals surface area contributed by atoms with Crippen LogP contribution in [-0.4, -0.2) is 21.1 Å². The number of benzene rings is 2. The second kappa shape index (κ2) is 6.51. The van der Waals surface area contributed by atoms with Crippen LogP contribution in [0.15, 0.2) is 42.5 Å². The van der Waals surface area contributed by atoms with Gasteiger partial charge >= 0.3 is 0 Å². The van der Waals surface area contributed by atoms with Crippen molar-refractivity contribution in [3.05, 3.63) is 57.9 Å². The largest absolute Gasteiger partial charge is 0.508 e. The van der Waals surface area contributed by atoms with E-state index in [9.17, 15) is 15.0 Å². The highest BCUT2D eigenvalue weighted by Gasteiger charge is 2.16. The van der Waals surface area contributed by atoms with E-state index in [-0.39, 0.29) is 17.1 Å². The molecule has 5 nitrogen and oxygen atoms in total. The molecule has 0 saturated heterocycles. The van der Waals surface area contributed by atoms with Crippen molar-refractivity contribution in [2.75, 3.05) is 5.32 Å². The van der Waals surface area contributed by atoms with Gasteiger partial charge in [-0.1, -0.05) is 23.7 Å². The van der Waals surface area contributed by atoms with Gasteiger partial charge in [-0.05, 0) is 31.2 Å². The van der Waals surface area contributed by atoms with Crippen LogP contribution in [0.5, 0.6) is 11.5 Å². The van der Waals surface area contributed by atoms with E-state index in [1.165, 1.54) is 23.5 Å². The summed E-state index contributed by atoms with van der Waals surface area (Å²) in [4.78, 5) is 17.6. The molecule has 0 radical (unpaired) electrons. The molecule has 1 amide bonds. The summed E-state index contributed by atoms with van der Waals surface area (Å²) in [7, 11) is 0. The summed E-state index contributed by atoms with van der Waals surface area (Å²) in [6.45, 7) is 1.91. The quantitative estimate of drug-likeness (QED) is 0.645. The van der Waals surface area contributed by atoms with Crippen LogP contribution in [0.1, 0.15) is 15.2 Å². The molecule has 0 aliphatic heterocycles. The van der Waals surface area contributed by atoms with Gasteiger partial charge in [0.2, 0.25) is 0 Å². The number of phenolic OH excluding ortho intramolecular Hbond substituents is 2. The van der Waals surface area contributed by atoms with Crippen LogP contribution in [0.3, 0.4) is 0 Å². The Balaban J connectivity index is 1.85. The third kappa shape index (κ3) is 3.34. The van der Waals surface area contributed by atoms with Gasteiger partial charge in [-0.15, -0.1) is 11.3 Å². The lowest BCUT2D eigenvalue weighted by molar-refractivity contribution is 0.102. The van der Waals surface area contributed by atoms with Crippen molar-refractivity contribution in [2.24, 2.45) is 0 Å². The lowest BCUT2D eigenvalue weighted by Crippen LogP contribution is -2.11. The van der Waals surface area contributed by atoms with Gasteiger partial charge in [0.25, 0.3) is 5.91 Å². The lowest BCUT2D eigenvalue weighted by atomic mass is 10.1. The number of carbonyl (C=O) groups excluding carboxylic acids is 1. The number of aromatic hydroxyl groups is 2. The van der Waals surface area contributed by atoms with Crippen LogP contribution < -0.4 is 5.32 Å². The van der Waals surface area contributed by atoms with Crippen molar-refractivity contribution in [2.45, 2.75) is 6.92 Å². The lowest BCUT2D eigenvalue weighted by Gasteiger charge is -2.04. The number of halogens is 1. The fourth-order valence-corrected chi connectivity index (χ4v) is 3.16. The molecule has 0 aliphatic carbocycles. The Hall–Kier alpha value is -2.57. The smallest absolute Gasteiger partial charge is 0.261 e. The summed E-state index contributed by atoms with van der Waals surface area (Å²) >= 11 is 7.23. The maximum absolute atomic E-state index is 12.2. The van der Waals surface area contributed by atoms with E-state index < -0.39 is 5.91 Å². The van der Waals surface area contributed by atoms with Crippen LogP contribution in [0.4, 0.5) is 5.13 Å². The molecule has 0 bridgehead atoms. The molecule has 0 fully saturated rings. The molecule has 0 atom stereocenters. The summed E-state index contributed by atoms with van der Waals surface area (Å²) in [5, 5.41) is 22.8. The predicted octanol–water partition coefficient (Wildman–Crippen LogP) is 4.44. The van der Waals surface area contributed by atoms with E-state index in [1.54, 1.807) is 12.1 Å². The first-order chi connectivity index (χ1) is 11.4. The number of nitrogens with one attached hydrogen (secondary N) is 1. The highest BCUT2D eigenvalue weighted by atomic mass is 35.5. The number of hydrogen-bond acceptors (Lipinski definition) is 5. The third-order valence-corrected chi connectivity index (χ3v) is 4.50. The van der Waals surface area contributed by atoms with Crippen molar-refractivity contribution in [1.29, 1.82) is 0 Å². The first-order valence-corrected chi connectivity index (χ1v) is 8.20. The molecule has 0 spiro atoms. The van der Waals surface area contributed by atoms with E-state index >= 15 is 0 Å². The van der Waals surface area contributed by atoms with Crippen molar-refractivity contribution >= 4 is 34.0 Å². The Morgan fingerprint density at radius 1 is 1.17 bits per heavy atom. The molecule has 1 heterocycles. The number of phenols is 2. The Kier molecular flexibility index (Phi) is 4.42. The minimum Gasteiger partial charge on any atom is -0.508 e. The molecule has 7 heteroatoms. The number of anilines is 1. The summed E-state index contributed by atoms with van der Waals surface area (Å²) < 4.78 is 0. The van der Waals surface area contributed by atoms with E-state index in [1.807, 2.05) is 19.1 Å². The van der Waals surface area contributed by atoms with Gasteiger partial charge in [-0.3, -0.25) is 10.1 Å². The maximum atomic E-state index is 12.2.